The molecule has 0 spiro atoms. The van der Waals surface area contributed by atoms with E-state index in [0.717, 1.165) is 24.0 Å². The lowest BCUT2D eigenvalue weighted by Gasteiger charge is -2.25. The fourth-order valence-corrected chi connectivity index (χ4v) is 6.04. The zero-order valence-corrected chi connectivity index (χ0v) is 21.2. The SMILES string of the molecule is CC1(c2ccccc2)CC1NC1CCNCC1.Cc1ccccc1C1CC1NC1CCNCC1. The molecule has 2 aromatic carbocycles. The molecule has 2 heterocycles. The van der Waals surface area contributed by atoms with Crippen molar-refractivity contribution in [1.82, 2.24) is 21.3 Å². The van der Waals surface area contributed by atoms with Gasteiger partial charge in [-0.15, -0.1) is 0 Å². The van der Waals surface area contributed by atoms with Gasteiger partial charge in [-0.2, -0.15) is 0 Å². The predicted molar refractivity (Wildman–Crippen MR) is 143 cm³/mol. The van der Waals surface area contributed by atoms with Gasteiger partial charge in [-0.3, -0.25) is 0 Å². The van der Waals surface area contributed by atoms with E-state index < -0.39 is 0 Å². The van der Waals surface area contributed by atoms with Gasteiger partial charge in [0, 0.05) is 35.5 Å². The normalized spacial score (nSPS) is 31.4. The van der Waals surface area contributed by atoms with E-state index in [0.29, 0.717) is 11.5 Å². The number of aryl methyl sites for hydroxylation is 1. The largest absolute Gasteiger partial charge is 0.317 e. The Morgan fingerprint density at radius 1 is 0.765 bits per heavy atom. The van der Waals surface area contributed by atoms with E-state index in [1.165, 1.54) is 75.8 Å². The van der Waals surface area contributed by atoms with Crippen LogP contribution in [0.4, 0.5) is 0 Å². The predicted octanol–water partition coefficient (Wildman–Crippen LogP) is 4.25. The molecule has 2 aromatic rings. The lowest BCUT2D eigenvalue weighted by molar-refractivity contribution is 0.376. The van der Waals surface area contributed by atoms with Gasteiger partial charge in [-0.05, 0) is 88.3 Å². The Kier molecular flexibility index (Phi) is 7.70. The van der Waals surface area contributed by atoms with E-state index in [1.807, 2.05) is 0 Å². The van der Waals surface area contributed by atoms with Crippen LogP contribution in [-0.2, 0) is 5.41 Å². The molecule has 4 atom stereocenters. The Labute approximate surface area is 206 Å². The van der Waals surface area contributed by atoms with Gasteiger partial charge in [0.25, 0.3) is 0 Å². The van der Waals surface area contributed by atoms with Gasteiger partial charge >= 0.3 is 0 Å². The van der Waals surface area contributed by atoms with Crippen LogP contribution >= 0.6 is 0 Å². The molecular formula is C30H44N4. The van der Waals surface area contributed by atoms with Crippen molar-refractivity contribution in [2.45, 2.75) is 87.9 Å². The van der Waals surface area contributed by atoms with Crippen LogP contribution in [0.2, 0.25) is 0 Å². The molecule has 6 rings (SSSR count). The first-order chi connectivity index (χ1) is 16.6. The quantitative estimate of drug-likeness (QED) is 0.521. The minimum absolute atomic E-state index is 0.381. The molecule has 2 saturated carbocycles. The van der Waals surface area contributed by atoms with Gasteiger partial charge in [-0.1, -0.05) is 61.5 Å². The third kappa shape index (κ3) is 5.91. The molecule has 4 fully saturated rings. The molecule has 184 valence electrons. The average Bonchev–Trinajstić information content (AvgIpc) is 3.79. The third-order valence-corrected chi connectivity index (χ3v) is 8.61. The van der Waals surface area contributed by atoms with Crippen molar-refractivity contribution in [1.29, 1.82) is 0 Å². The topological polar surface area (TPSA) is 48.1 Å². The summed E-state index contributed by atoms with van der Waals surface area (Å²) in [6, 6.07) is 22.7. The van der Waals surface area contributed by atoms with Crippen LogP contribution in [0.3, 0.4) is 0 Å². The van der Waals surface area contributed by atoms with Crippen molar-refractivity contribution < 1.29 is 0 Å². The van der Waals surface area contributed by atoms with E-state index in [9.17, 15) is 0 Å². The molecule has 4 aliphatic rings. The maximum absolute atomic E-state index is 3.84. The van der Waals surface area contributed by atoms with E-state index in [2.05, 4.69) is 89.7 Å². The molecule has 2 saturated heterocycles. The number of piperidine rings is 2. The molecule has 0 amide bonds. The third-order valence-electron chi connectivity index (χ3n) is 8.61. The van der Waals surface area contributed by atoms with E-state index in [1.54, 1.807) is 5.56 Å². The number of nitrogens with one attached hydrogen (secondary N) is 4. The van der Waals surface area contributed by atoms with Crippen molar-refractivity contribution >= 4 is 0 Å². The van der Waals surface area contributed by atoms with Crippen LogP contribution in [0.1, 0.15) is 68.1 Å². The van der Waals surface area contributed by atoms with Crippen molar-refractivity contribution in [3.63, 3.8) is 0 Å². The van der Waals surface area contributed by atoms with Crippen LogP contribution in [-0.4, -0.2) is 50.3 Å². The fraction of sp³-hybridized carbons (Fsp3) is 0.600. The number of hydrogen-bond donors (Lipinski definition) is 4. The number of hydrogen-bond acceptors (Lipinski definition) is 4. The Morgan fingerprint density at radius 3 is 2.00 bits per heavy atom. The monoisotopic (exact) mass is 460 g/mol. The first kappa shape index (κ1) is 24.0. The maximum atomic E-state index is 3.84. The Hall–Kier alpha value is -1.72. The van der Waals surface area contributed by atoms with Gasteiger partial charge < -0.3 is 21.3 Å². The summed E-state index contributed by atoms with van der Waals surface area (Å²) in [7, 11) is 0. The molecule has 0 bridgehead atoms. The van der Waals surface area contributed by atoms with Gasteiger partial charge in [0.05, 0.1) is 0 Å². The molecule has 4 unspecified atom stereocenters. The zero-order valence-electron chi connectivity index (χ0n) is 21.2. The van der Waals surface area contributed by atoms with Gasteiger partial charge in [0.1, 0.15) is 0 Å². The van der Waals surface area contributed by atoms with Crippen LogP contribution < -0.4 is 21.3 Å². The highest BCUT2D eigenvalue weighted by molar-refractivity contribution is 5.36. The molecular weight excluding hydrogens is 416 g/mol. The summed E-state index contributed by atoms with van der Waals surface area (Å²) in [5, 5.41) is 14.5. The van der Waals surface area contributed by atoms with Crippen LogP contribution in [0.25, 0.3) is 0 Å². The second kappa shape index (κ2) is 10.9. The van der Waals surface area contributed by atoms with Crippen LogP contribution in [0.5, 0.6) is 0 Å². The second-order valence-electron chi connectivity index (χ2n) is 11.2. The average molecular weight is 461 g/mol. The van der Waals surface area contributed by atoms with Crippen molar-refractivity contribution in [3.05, 3.63) is 71.3 Å². The first-order valence-corrected chi connectivity index (χ1v) is 13.7. The van der Waals surface area contributed by atoms with E-state index in [4.69, 9.17) is 0 Å². The highest BCUT2D eigenvalue weighted by atomic mass is 15.1. The summed E-state index contributed by atoms with van der Waals surface area (Å²) in [4.78, 5) is 0. The molecule has 0 aromatic heterocycles. The summed E-state index contributed by atoms with van der Waals surface area (Å²) < 4.78 is 0. The smallest absolute Gasteiger partial charge is 0.0173 e. The molecule has 0 radical (unpaired) electrons. The Balaban J connectivity index is 0.000000142. The number of benzene rings is 2. The first-order valence-electron chi connectivity index (χ1n) is 13.7. The van der Waals surface area contributed by atoms with Gasteiger partial charge in [0.2, 0.25) is 0 Å². The molecule has 4 nitrogen and oxygen atoms in total. The minimum Gasteiger partial charge on any atom is -0.317 e. The zero-order chi connectivity index (χ0) is 23.4. The summed E-state index contributed by atoms with van der Waals surface area (Å²) in [6.45, 7) is 9.33. The Bertz CT molecular complexity index is 903. The summed E-state index contributed by atoms with van der Waals surface area (Å²) in [5.41, 5.74) is 4.88. The summed E-state index contributed by atoms with van der Waals surface area (Å²) in [5.74, 6) is 0.770. The van der Waals surface area contributed by atoms with Gasteiger partial charge in [-0.25, -0.2) is 0 Å². The summed E-state index contributed by atoms with van der Waals surface area (Å²) >= 11 is 0. The molecule has 4 heteroatoms. The molecule has 34 heavy (non-hydrogen) atoms. The molecule has 4 N–H and O–H groups in total. The highest BCUT2D eigenvalue weighted by Gasteiger charge is 2.51. The van der Waals surface area contributed by atoms with Crippen molar-refractivity contribution in [2.24, 2.45) is 0 Å². The maximum Gasteiger partial charge on any atom is 0.0173 e. The lowest BCUT2D eigenvalue weighted by atomic mass is 9.97. The highest BCUT2D eigenvalue weighted by Crippen LogP contribution is 2.48. The van der Waals surface area contributed by atoms with E-state index in [-0.39, 0.29) is 0 Å². The fourth-order valence-electron chi connectivity index (χ4n) is 6.04. The molecule has 2 aliphatic heterocycles. The second-order valence-corrected chi connectivity index (χ2v) is 11.2. The number of rotatable bonds is 6. The lowest BCUT2D eigenvalue weighted by Crippen LogP contribution is -2.42. The van der Waals surface area contributed by atoms with Crippen molar-refractivity contribution in [3.8, 4) is 0 Å². The van der Waals surface area contributed by atoms with Gasteiger partial charge in [0.15, 0.2) is 0 Å². The summed E-state index contributed by atoms with van der Waals surface area (Å²) in [6.07, 6.45) is 7.76. The van der Waals surface area contributed by atoms with Crippen LogP contribution in [0, 0.1) is 6.92 Å². The van der Waals surface area contributed by atoms with Crippen molar-refractivity contribution in [2.75, 3.05) is 26.2 Å². The van der Waals surface area contributed by atoms with E-state index >= 15 is 0 Å². The standard InChI is InChI=1S/2C15H22N2/c1-11-4-2-3-5-13(11)14-10-15(14)17-12-6-8-16-9-7-12;1-15(12-5-3-2-4-6-12)11-14(15)17-13-7-9-16-10-8-13/h2-5,12,14-17H,6-10H2,1H3;2-6,13-14,16-17H,7-11H2,1H3. The minimum atomic E-state index is 0.381. The Morgan fingerprint density at radius 2 is 1.35 bits per heavy atom. The van der Waals surface area contributed by atoms with Crippen LogP contribution in [0.15, 0.2) is 54.6 Å². The molecule has 2 aliphatic carbocycles.